The molecule has 4 heteroatoms. The fourth-order valence-corrected chi connectivity index (χ4v) is 2.30. The Kier molecular flexibility index (Phi) is 3.95. The van der Waals surface area contributed by atoms with Crippen LogP contribution in [0.3, 0.4) is 0 Å². The molecule has 14 heavy (non-hydrogen) atoms. The van der Waals surface area contributed by atoms with Crippen LogP contribution in [0, 0.1) is 11.8 Å². The zero-order chi connectivity index (χ0) is 10.8. The van der Waals surface area contributed by atoms with E-state index in [1.54, 1.807) is 0 Å². The Labute approximate surface area is 87.2 Å². The third-order valence-electron chi connectivity index (χ3n) is 2.70. The predicted octanol–water partition coefficient (Wildman–Crippen LogP) is 1.06. The molecule has 1 rings (SSSR count). The molecule has 0 spiro atoms. The second-order valence-electron chi connectivity index (χ2n) is 4.69. The van der Waals surface area contributed by atoms with Crippen molar-refractivity contribution in [3.05, 3.63) is 0 Å². The van der Waals surface area contributed by atoms with Gasteiger partial charge in [-0.2, -0.15) is 0 Å². The maximum Gasteiger partial charge on any atom is 0.148 e. The maximum atomic E-state index is 10.9. The zero-order valence-corrected chi connectivity index (χ0v) is 10.1. The summed E-state index contributed by atoms with van der Waals surface area (Å²) in [4.78, 5) is 0. The highest BCUT2D eigenvalue weighted by Gasteiger charge is 2.32. The van der Waals surface area contributed by atoms with E-state index in [1.807, 2.05) is 0 Å². The Bertz CT molecular complexity index is 266. The van der Waals surface area contributed by atoms with Crippen molar-refractivity contribution < 1.29 is 8.42 Å². The molecule has 1 saturated carbocycles. The highest BCUT2D eigenvalue weighted by molar-refractivity contribution is 7.90. The Balaban J connectivity index is 2.27. The molecular formula is C10H21NO2S. The Morgan fingerprint density at radius 3 is 2.29 bits per heavy atom. The van der Waals surface area contributed by atoms with E-state index in [2.05, 4.69) is 19.2 Å². The maximum absolute atomic E-state index is 10.9. The predicted molar refractivity (Wildman–Crippen MR) is 59.1 cm³/mol. The molecule has 0 saturated heterocycles. The summed E-state index contributed by atoms with van der Waals surface area (Å²) >= 11 is 0. The van der Waals surface area contributed by atoms with Crippen molar-refractivity contribution in [3.8, 4) is 0 Å². The van der Waals surface area contributed by atoms with E-state index in [0.29, 0.717) is 18.5 Å². The molecule has 0 aromatic rings. The average molecular weight is 219 g/mol. The van der Waals surface area contributed by atoms with Crippen LogP contribution in [0.1, 0.15) is 26.7 Å². The second kappa shape index (κ2) is 4.62. The van der Waals surface area contributed by atoms with Crippen LogP contribution in [0.4, 0.5) is 0 Å². The van der Waals surface area contributed by atoms with Crippen LogP contribution < -0.4 is 5.32 Å². The van der Waals surface area contributed by atoms with Crippen LogP contribution in [0.5, 0.6) is 0 Å². The molecular weight excluding hydrogens is 198 g/mol. The van der Waals surface area contributed by atoms with Crippen LogP contribution in [-0.4, -0.2) is 33.0 Å². The first kappa shape index (κ1) is 12.0. The van der Waals surface area contributed by atoms with Gasteiger partial charge in [0.1, 0.15) is 9.84 Å². The normalized spacial score (nSPS) is 20.0. The molecule has 0 amide bonds. The Morgan fingerprint density at radius 2 is 1.93 bits per heavy atom. The average Bonchev–Trinajstić information content (AvgIpc) is 2.77. The topological polar surface area (TPSA) is 46.2 Å². The van der Waals surface area contributed by atoms with Gasteiger partial charge in [-0.3, -0.25) is 0 Å². The first-order chi connectivity index (χ1) is 6.40. The van der Waals surface area contributed by atoms with Gasteiger partial charge in [0.05, 0.1) is 5.75 Å². The molecule has 1 aliphatic carbocycles. The van der Waals surface area contributed by atoms with Crippen molar-refractivity contribution in [2.24, 2.45) is 11.8 Å². The molecule has 1 unspecified atom stereocenters. The summed E-state index contributed by atoms with van der Waals surface area (Å²) in [6.45, 7) is 4.98. The fourth-order valence-electron chi connectivity index (χ4n) is 1.81. The number of hydrogen-bond acceptors (Lipinski definition) is 3. The molecule has 84 valence electrons. The van der Waals surface area contributed by atoms with Crippen LogP contribution in [-0.2, 0) is 9.84 Å². The molecule has 1 aliphatic rings. The first-order valence-corrected chi connectivity index (χ1v) is 7.37. The first-order valence-electron chi connectivity index (χ1n) is 5.31. The Hall–Kier alpha value is -0.0900. The molecule has 1 atom stereocenters. The minimum absolute atomic E-state index is 0.253. The molecule has 3 nitrogen and oxygen atoms in total. The van der Waals surface area contributed by atoms with Crippen LogP contribution in [0.25, 0.3) is 0 Å². The van der Waals surface area contributed by atoms with Gasteiger partial charge in [0.25, 0.3) is 0 Å². The molecule has 0 heterocycles. The zero-order valence-electron chi connectivity index (χ0n) is 9.29. The van der Waals surface area contributed by atoms with Gasteiger partial charge in [-0.25, -0.2) is 8.42 Å². The molecule has 0 radical (unpaired) electrons. The highest BCUT2D eigenvalue weighted by atomic mass is 32.2. The van der Waals surface area contributed by atoms with Gasteiger partial charge in [-0.1, -0.05) is 13.8 Å². The fraction of sp³-hybridized carbons (Fsp3) is 1.00. The number of hydrogen-bond donors (Lipinski definition) is 1. The lowest BCUT2D eigenvalue weighted by Crippen LogP contribution is -2.38. The molecule has 0 aromatic heterocycles. The van der Waals surface area contributed by atoms with Gasteiger partial charge in [-0.05, 0) is 24.7 Å². The smallest absolute Gasteiger partial charge is 0.148 e. The number of rotatable bonds is 6. The SMILES string of the molecule is CC(C)C(NCCS(C)(=O)=O)C1CC1. The van der Waals surface area contributed by atoms with Gasteiger partial charge >= 0.3 is 0 Å². The largest absolute Gasteiger partial charge is 0.312 e. The van der Waals surface area contributed by atoms with Crippen LogP contribution in [0.15, 0.2) is 0 Å². The number of nitrogens with one attached hydrogen (secondary N) is 1. The monoisotopic (exact) mass is 219 g/mol. The summed E-state index contributed by atoms with van der Waals surface area (Å²) in [5, 5.41) is 3.36. The van der Waals surface area contributed by atoms with Crippen molar-refractivity contribution in [1.82, 2.24) is 5.32 Å². The van der Waals surface area contributed by atoms with Crippen molar-refractivity contribution in [3.63, 3.8) is 0 Å². The van der Waals surface area contributed by atoms with Crippen LogP contribution >= 0.6 is 0 Å². The minimum Gasteiger partial charge on any atom is -0.312 e. The van der Waals surface area contributed by atoms with Crippen molar-refractivity contribution >= 4 is 9.84 Å². The van der Waals surface area contributed by atoms with E-state index in [0.717, 1.165) is 5.92 Å². The van der Waals surface area contributed by atoms with Gasteiger partial charge in [0, 0.05) is 18.8 Å². The van der Waals surface area contributed by atoms with E-state index in [1.165, 1.54) is 19.1 Å². The lowest BCUT2D eigenvalue weighted by Gasteiger charge is -2.21. The van der Waals surface area contributed by atoms with Crippen LogP contribution in [0.2, 0.25) is 0 Å². The van der Waals surface area contributed by atoms with Gasteiger partial charge < -0.3 is 5.32 Å². The summed E-state index contributed by atoms with van der Waals surface area (Å²) in [5.41, 5.74) is 0. The van der Waals surface area contributed by atoms with Crippen molar-refractivity contribution in [2.75, 3.05) is 18.6 Å². The van der Waals surface area contributed by atoms with Gasteiger partial charge in [0.2, 0.25) is 0 Å². The minimum atomic E-state index is -2.81. The van der Waals surface area contributed by atoms with E-state index < -0.39 is 9.84 Å². The molecule has 1 N–H and O–H groups in total. The highest BCUT2D eigenvalue weighted by Crippen LogP contribution is 2.35. The van der Waals surface area contributed by atoms with E-state index >= 15 is 0 Å². The summed E-state index contributed by atoms with van der Waals surface area (Å²) in [5.74, 6) is 1.64. The standard InChI is InChI=1S/C10H21NO2S/c1-8(2)10(9-4-5-9)11-6-7-14(3,12)13/h8-11H,4-7H2,1-3H3. The lowest BCUT2D eigenvalue weighted by molar-refractivity contribution is 0.368. The summed E-state index contributed by atoms with van der Waals surface area (Å²) in [6, 6.07) is 0.511. The quantitative estimate of drug-likeness (QED) is 0.726. The van der Waals surface area contributed by atoms with E-state index in [9.17, 15) is 8.42 Å². The van der Waals surface area contributed by atoms with Crippen molar-refractivity contribution in [2.45, 2.75) is 32.7 Å². The molecule has 0 aromatic carbocycles. The van der Waals surface area contributed by atoms with Crippen molar-refractivity contribution in [1.29, 1.82) is 0 Å². The van der Waals surface area contributed by atoms with Gasteiger partial charge in [-0.15, -0.1) is 0 Å². The summed E-state index contributed by atoms with van der Waals surface area (Å²) in [6.07, 6.45) is 3.89. The van der Waals surface area contributed by atoms with Gasteiger partial charge in [0.15, 0.2) is 0 Å². The third kappa shape index (κ3) is 4.42. The van der Waals surface area contributed by atoms with E-state index in [-0.39, 0.29) is 5.75 Å². The third-order valence-corrected chi connectivity index (χ3v) is 3.65. The lowest BCUT2D eigenvalue weighted by atomic mass is 10.00. The summed E-state index contributed by atoms with van der Waals surface area (Å²) in [7, 11) is -2.81. The molecule has 0 aliphatic heterocycles. The summed E-state index contributed by atoms with van der Waals surface area (Å²) < 4.78 is 21.9. The second-order valence-corrected chi connectivity index (χ2v) is 6.95. The molecule has 0 bridgehead atoms. The number of sulfone groups is 1. The Morgan fingerprint density at radius 1 is 1.36 bits per heavy atom. The van der Waals surface area contributed by atoms with E-state index in [4.69, 9.17) is 0 Å². The molecule has 1 fully saturated rings.